The van der Waals surface area contributed by atoms with Gasteiger partial charge in [0.05, 0.1) is 10.6 Å². The molecule has 0 radical (unpaired) electrons. The maximum absolute atomic E-state index is 13.6. The van der Waals surface area contributed by atoms with E-state index in [1.54, 1.807) is 42.5 Å². The number of nitrogens with one attached hydrogen (secondary N) is 1. The fourth-order valence-electron chi connectivity index (χ4n) is 4.41. The minimum absolute atomic E-state index is 0.146. The van der Waals surface area contributed by atoms with Gasteiger partial charge in [-0.05, 0) is 74.3 Å². The minimum Gasteiger partial charge on any atom is -0.350 e. The lowest BCUT2D eigenvalue weighted by Gasteiger charge is -2.27. The average molecular weight is 571 g/mol. The molecule has 36 heavy (non-hydrogen) atoms. The zero-order valence-corrected chi connectivity index (χ0v) is 22.9. The predicted molar refractivity (Wildman–Crippen MR) is 147 cm³/mol. The van der Waals surface area contributed by atoms with E-state index in [0.29, 0.717) is 12.2 Å². The van der Waals surface area contributed by atoms with E-state index in [1.807, 2.05) is 31.2 Å². The van der Waals surface area contributed by atoms with E-state index in [1.165, 1.54) is 24.8 Å². The van der Waals surface area contributed by atoms with Gasteiger partial charge in [0, 0.05) is 17.6 Å². The molecule has 1 saturated heterocycles. The molecule has 0 saturated carbocycles. The highest BCUT2D eigenvalue weighted by atomic mass is 79.9. The molecule has 0 aromatic heterocycles. The number of aryl methyl sites for hydroxylation is 1. The Bertz CT molecular complexity index is 1290. The minimum atomic E-state index is -3.95. The molecule has 0 atom stereocenters. The third-order valence-electron chi connectivity index (χ3n) is 6.43. The van der Waals surface area contributed by atoms with Gasteiger partial charge in [-0.25, -0.2) is 8.42 Å². The number of nitrogens with zero attached hydrogens (tertiary/aromatic N) is 2. The quantitative estimate of drug-likeness (QED) is 0.382. The Morgan fingerprint density at radius 3 is 2.33 bits per heavy atom. The summed E-state index contributed by atoms with van der Waals surface area (Å²) in [5.74, 6) is -0.363. The normalized spacial score (nSPS) is 14.4. The van der Waals surface area contributed by atoms with Gasteiger partial charge in [0.2, 0.25) is 5.91 Å². The Balaban J connectivity index is 1.50. The summed E-state index contributed by atoms with van der Waals surface area (Å²) in [6, 6.07) is 21.7. The van der Waals surface area contributed by atoms with Crippen LogP contribution in [0.2, 0.25) is 0 Å². The van der Waals surface area contributed by atoms with Crippen molar-refractivity contribution in [3.8, 4) is 0 Å². The molecule has 1 aliphatic heterocycles. The van der Waals surface area contributed by atoms with E-state index in [-0.39, 0.29) is 17.3 Å². The summed E-state index contributed by atoms with van der Waals surface area (Å²) in [6.07, 6.45) is 3.73. The third kappa shape index (κ3) is 6.75. The molecule has 3 aromatic rings. The molecule has 8 heteroatoms. The van der Waals surface area contributed by atoms with Crippen LogP contribution in [0.3, 0.4) is 0 Å². The molecule has 0 aliphatic carbocycles. The summed E-state index contributed by atoms with van der Waals surface area (Å²) in [6.45, 7) is 4.98. The van der Waals surface area contributed by atoms with Crippen molar-refractivity contribution in [3.63, 3.8) is 0 Å². The fourth-order valence-corrected chi connectivity index (χ4v) is 6.21. The highest BCUT2D eigenvalue weighted by Gasteiger charge is 2.27. The predicted octanol–water partition coefficient (Wildman–Crippen LogP) is 5.26. The summed E-state index contributed by atoms with van der Waals surface area (Å²) in [5, 5.41) is 2.95. The number of hydrogen-bond acceptors (Lipinski definition) is 4. The summed E-state index contributed by atoms with van der Waals surface area (Å²) in [5.41, 5.74) is 3.62. The number of carbonyl (C=O) groups excluding carboxylic acids is 1. The number of carbonyl (C=O) groups is 1. The molecule has 0 unspecified atom stereocenters. The molecule has 190 valence electrons. The van der Waals surface area contributed by atoms with Gasteiger partial charge in [-0.2, -0.15) is 0 Å². The fraction of sp³-hybridized carbons (Fsp3) is 0.321. The molecular formula is C28H32BrN3O3S. The molecular weight excluding hydrogens is 538 g/mol. The van der Waals surface area contributed by atoms with Gasteiger partial charge in [0.15, 0.2) is 0 Å². The van der Waals surface area contributed by atoms with Crippen LogP contribution in [0.15, 0.2) is 82.2 Å². The monoisotopic (exact) mass is 569 g/mol. The standard InChI is InChI=1S/C28H32BrN3O3S/c1-22-12-14-27(15-13-22)36(34,35)32(26-11-7-10-25(29)18-26)21-28(33)30-19-23-8-3-4-9-24(23)20-31-16-5-2-6-17-31/h3-4,7-15,18H,2,5-6,16-17,19-21H2,1H3,(H,30,33). The Morgan fingerprint density at radius 2 is 1.64 bits per heavy atom. The maximum atomic E-state index is 13.6. The first-order valence-corrected chi connectivity index (χ1v) is 14.5. The molecule has 0 bridgehead atoms. The second kappa shape index (κ2) is 12.0. The number of amides is 1. The molecule has 4 rings (SSSR count). The molecule has 1 heterocycles. The van der Waals surface area contributed by atoms with Crippen LogP contribution >= 0.6 is 15.9 Å². The number of rotatable bonds is 9. The molecule has 1 aliphatic rings. The first kappa shape index (κ1) is 26.4. The largest absolute Gasteiger partial charge is 0.350 e. The van der Waals surface area contributed by atoms with Crippen LogP contribution in [0.25, 0.3) is 0 Å². The number of anilines is 1. The third-order valence-corrected chi connectivity index (χ3v) is 8.71. The van der Waals surface area contributed by atoms with Crippen molar-refractivity contribution in [1.29, 1.82) is 0 Å². The van der Waals surface area contributed by atoms with E-state index >= 15 is 0 Å². The van der Waals surface area contributed by atoms with Crippen LogP contribution in [0.4, 0.5) is 5.69 Å². The van der Waals surface area contributed by atoms with E-state index < -0.39 is 10.0 Å². The Morgan fingerprint density at radius 1 is 0.944 bits per heavy atom. The van der Waals surface area contributed by atoms with E-state index in [2.05, 4.69) is 32.2 Å². The van der Waals surface area contributed by atoms with E-state index in [9.17, 15) is 13.2 Å². The van der Waals surface area contributed by atoms with Crippen LogP contribution < -0.4 is 9.62 Å². The van der Waals surface area contributed by atoms with Gasteiger partial charge < -0.3 is 5.32 Å². The smallest absolute Gasteiger partial charge is 0.264 e. The topological polar surface area (TPSA) is 69.7 Å². The lowest BCUT2D eigenvalue weighted by molar-refractivity contribution is -0.119. The second-order valence-electron chi connectivity index (χ2n) is 9.19. The van der Waals surface area contributed by atoms with E-state index in [4.69, 9.17) is 0 Å². The highest BCUT2D eigenvalue weighted by molar-refractivity contribution is 9.10. The summed E-state index contributed by atoms with van der Waals surface area (Å²) < 4.78 is 29.0. The summed E-state index contributed by atoms with van der Waals surface area (Å²) in [7, 11) is -3.95. The van der Waals surface area contributed by atoms with Crippen molar-refractivity contribution in [3.05, 3.63) is 94.0 Å². The Kier molecular flexibility index (Phi) is 8.82. The molecule has 1 amide bonds. The van der Waals surface area contributed by atoms with Crippen LogP contribution in [0.1, 0.15) is 36.0 Å². The zero-order chi connectivity index (χ0) is 25.5. The number of halogens is 1. The van der Waals surface area contributed by atoms with E-state index in [0.717, 1.165) is 39.5 Å². The number of hydrogen-bond donors (Lipinski definition) is 1. The molecule has 0 spiro atoms. The van der Waals surface area contributed by atoms with Gasteiger partial charge in [-0.1, -0.05) is 70.4 Å². The summed E-state index contributed by atoms with van der Waals surface area (Å²) >= 11 is 3.41. The van der Waals surface area contributed by atoms with Gasteiger partial charge >= 0.3 is 0 Å². The number of sulfonamides is 1. The highest BCUT2D eigenvalue weighted by Crippen LogP contribution is 2.26. The van der Waals surface area contributed by atoms with Crippen LogP contribution in [-0.4, -0.2) is 38.9 Å². The van der Waals surface area contributed by atoms with Gasteiger partial charge in [-0.15, -0.1) is 0 Å². The van der Waals surface area contributed by atoms with Crippen LogP contribution in [-0.2, 0) is 27.9 Å². The van der Waals surface area contributed by atoms with Crippen LogP contribution in [0.5, 0.6) is 0 Å². The first-order valence-electron chi connectivity index (χ1n) is 12.2. The zero-order valence-electron chi connectivity index (χ0n) is 20.5. The van der Waals surface area contributed by atoms with Crippen molar-refractivity contribution in [2.24, 2.45) is 0 Å². The van der Waals surface area contributed by atoms with Gasteiger partial charge in [-0.3, -0.25) is 14.0 Å². The van der Waals surface area contributed by atoms with Crippen molar-refractivity contribution >= 4 is 37.5 Å². The Hall–Kier alpha value is -2.68. The Labute approximate surface area is 222 Å². The second-order valence-corrected chi connectivity index (χ2v) is 12.0. The first-order chi connectivity index (χ1) is 17.3. The summed E-state index contributed by atoms with van der Waals surface area (Å²) in [4.78, 5) is 15.7. The molecule has 1 fully saturated rings. The molecule has 6 nitrogen and oxygen atoms in total. The van der Waals surface area contributed by atoms with Crippen LogP contribution in [0, 0.1) is 6.92 Å². The van der Waals surface area contributed by atoms with Gasteiger partial charge in [0.1, 0.15) is 6.54 Å². The number of piperidine rings is 1. The SMILES string of the molecule is Cc1ccc(S(=O)(=O)N(CC(=O)NCc2ccccc2CN2CCCCC2)c2cccc(Br)c2)cc1. The molecule has 1 N–H and O–H groups in total. The van der Waals surface area contributed by atoms with Crippen molar-refractivity contribution in [2.75, 3.05) is 23.9 Å². The lowest BCUT2D eigenvalue weighted by Crippen LogP contribution is -2.40. The van der Waals surface area contributed by atoms with Crippen molar-refractivity contribution in [1.82, 2.24) is 10.2 Å². The molecule has 3 aromatic carbocycles. The average Bonchev–Trinajstić information content (AvgIpc) is 2.87. The van der Waals surface area contributed by atoms with Gasteiger partial charge in [0.25, 0.3) is 10.0 Å². The van der Waals surface area contributed by atoms with Crippen molar-refractivity contribution < 1.29 is 13.2 Å². The number of benzene rings is 3. The maximum Gasteiger partial charge on any atom is 0.264 e. The number of likely N-dealkylation sites (tertiary alicyclic amines) is 1. The van der Waals surface area contributed by atoms with Crippen molar-refractivity contribution in [2.45, 2.75) is 44.2 Å². The lowest BCUT2D eigenvalue weighted by atomic mass is 10.0.